The Morgan fingerprint density at radius 1 is 0.419 bits per heavy atom. The molecule has 0 aromatic heterocycles. The maximum atomic E-state index is 2.75. The van der Waals surface area contributed by atoms with E-state index in [4.69, 9.17) is 0 Å². The molecule has 161 valence electrons. The van der Waals surface area contributed by atoms with Gasteiger partial charge in [-0.25, -0.2) is 0 Å². The van der Waals surface area contributed by atoms with Gasteiger partial charge in [0.05, 0.1) is 0 Å². The molecule has 0 amide bonds. The van der Waals surface area contributed by atoms with Crippen molar-refractivity contribution in [2.45, 2.75) is 11.8 Å². The molecule has 0 saturated carbocycles. The average molecular weight is 534 g/mol. The van der Waals surface area contributed by atoms with Crippen molar-refractivity contribution in [1.82, 2.24) is 0 Å². The molecule has 0 spiro atoms. The van der Waals surface area contributed by atoms with Crippen molar-refractivity contribution in [3.8, 4) is 0 Å². The Kier molecular flexibility index (Phi) is 10.7. The first kappa shape index (κ1) is 24.1. The van der Waals surface area contributed by atoms with Crippen LogP contribution in [-0.4, -0.2) is 12.3 Å². The molecule has 0 aliphatic rings. The van der Waals surface area contributed by atoms with Crippen molar-refractivity contribution < 1.29 is 19.2 Å². The van der Waals surface area contributed by atoms with Gasteiger partial charge in [-0.2, -0.15) is 0 Å². The standard InChI is InChI=1S/C27H26P2.CH3.Pd/c1-5-14-24(15-6-1)28(25-16-7-2-8-17-25)22-13-23-29(26-18-9-3-10-19-26)27-20-11-4-12-21-27;;/h1-12,14-21H,13,22-23H2;1H3;. The molecule has 0 atom stereocenters. The van der Waals surface area contributed by atoms with Crippen LogP contribution in [0.3, 0.4) is 0 Å². The Balaban J connectivity index is 0.00000132. The van der Waals surface area contributed by atoms with E-state index in [0.29, 0.717) is 0 Å². The molecule has 0 fully saturated rings. The Labute approximate surface area is 201 Å². The Bertz CT molecular complexity index is 814. The normalized spacial score (nSPS) is 10.6. The zero-order valence-corrected chi connectivity index (χ0v) is 21.2. The van der Waals surface area contributed by atoms with Crippen molar-refractivity contribution in [3.05, 3.63) is 121 Å². The Morgan fingerprint density at radius 2 is 0.645 bits per heavy atom. The molecule has 0 bridgehead atoms. The van der Waals surface area contributed by atoms with E-state index >= 15 is 0 Å². The first-order valence-corrected chi connectivity index (χ1v) is 15.1. The van der Waals surface area contributed by atoms with Gasteiger partial charge in [0.2, 0.25) is 0 Å². The van der Waals surface area contributed by atoms with E-state index < -0.39 is 0 Å². The molecule has 0 radical (unpaired) electrons. The fraction of sp³-hybridized carbons (Fsp3) is 0.143. The molecule has 0 aliphatic heterocycles. The van der Waals surface area contributed by atoms with Crippen LogP contribution in [0, 0.1) is 0 Å². The maximum absolute atomic E-state index is 2.75. The summed E-state index contributed by atoms with van der Waals surface area (Å²) >= 11 is 2.75. The smallest absolute Gasteiger partial charge is 0.0195 e. The van der Waals surface area contributed by atoms with E-state index in [1.807, 2.05) is 5.40 Å². The summed E-state index contributed by atoms with van der Waals surface area (Å²) < 4.78 is 0. The molecule has 3 heteroatoms. The summed E-state index contributed by atoms with van der Waals surface area (Å²) in [6.07, 6.45) is 3.72. The van der Waals surface area contributed by atoms with Crippen LogP contribution in [0.2, 0.25) is 5.40 Å². The predicted octanol–water partition coefficient (Wildman–Crippen LogP) is 6.22. The van der Waals surface area contributed by atoms with Gasteiger partial charge < -0.3 is 0 Å². The number of rotatable bonds is 8. The molecule has 31 heavy (non-hydrogen) atoms. The van der Waals surface area contributed by atoms with E-state index in [0.717, 1.165) is 0 Å². The van der Waals surface area contributed by atoms with Crippen molar-refractivity contribution in [2.75, 3.05) is 12.3 Å². The summed E-state index contributed by atoms with van der Waals surface area (Å²) in [6.45, 7) is 0. The maximum Gasteiger partial charge on any atom is -0.0195 e. The molecule has 0 heterocycles. The molecule has 0 saturated heterocycles. The predicted molar refractivity (Wildman–Crippen MR) is 138 cm³/mol. The van der Waals surface area contributed by atoms with Gasteiger partial charge >= 0.3 is 24.6 Å². The number of hydrogen-bond acceptors (Lipinski definition) is 0. The van der Waals surface area contributed by atoms with E-state index in [-0.39, 0.29) is 15.8 Å². The fourth-order valence-electron chi connectivity index (χ4n) is 3.63. The van der Waals surface area contributed by atoms with E-state index in [2.05, 4.69) is 141 Å². The molecule has 0 aliphatic carbocycles. The molecule has 0 nitrogen and oxygen atoms in total. The SMILES string of the molecule is [CH3][Pd].c1ccc(P(CCCP(c2ccccc2)c2ccccc2)c2ccccc2)cc1. The van der Waals surface area contributed by atoms with E-state index in [1.165, 1.54) is 40.0 Å². The summed E-state index contributed by atoms with van der Waals surface area (Å²) in [5, 5.41) is 7.79. The van der Waals surface area contributed by atoms with Gasteiger partial charge in [0.25, 0.3) is 0 Å². The largest absolute Gasteiger partial charge is 0.0622 e. The topological polar surface area (TPSA) is 0 Å². The van der Waals surface area contributed by atoms with Crippen molar-refractivity contribution >= 4 is 37.1 Å². The van der Waals surface area contributed by atoms with Crippen LogP contribution in [0.1, 0.15) is 6.42 Å². The first-order chi connectivity index (χ1) is 15.4. The Hall–Kier alpha value is -1.60. The summed E-state index contributed by atoms with van der Waals surface area (Å²) in [7, 11) is -0.618. The second kappa shape index (κ2) is 13.7. The second-order valence-electron chi connectivity index (χ2n) is 7.00. The van der Waals surface area contributed by atoms with E-state index in [9.17, 15) is 0 Å². The summed E-state index contributed by atoms with van der Waals surface area (Å²) in [6, 6.07) is 44.3. The molecule has 0 unspecified atom stereocenters. The summed E-state index contributed by atoms with van der Waals surface area (Å²) in [4.78, 5) is 0. The van der Waals surface area contributed by atoms with Gasteiger partial charge in [0.15, 0.2) is 0 Å². The van der Waals surface area contributed by atoms with Crippen molar-refractivity contribution in [2.24, 2.45) is 0 Å². The monoisotopic (exact) mass is 533 g/mol. The van der Waals surface area contributed by atoms with Crippen LogP contribution in [0.15, 0.2) is 121 Å². The summed E-state index contributed by atoms with van der Waals surface area (Å²) in [5.41, 5.74) is 0. The molecule has 4 rings (SSSR count). The van der Waals surface area contributed by atoms with Crippen LogP contribution < -0.4 is 21.2 Å². The molecule has 4 aromatic rings. The number of benzene rings is 4. The summed E-state index contributed by atoms with van der Waals surface area (Å²) in [5.74, 6) is 0. The van der Waals surface area contributed by atoms with Crippen LogP contribution >= 0.6 is 15.8 Å². The number of hydrogen-bond donors (Lipinski definition) is 0. The molecular weight excluding hydrogens is 505 g/mol. The quantitative estimate of drug-likeness (QED) is 0.186. The average Bonchev–Trinajstić information content (AvgIpc) is 2.87. The third-order valence-electron chi connectivity index (χ3n) is 5.03. The third kappa shape index (κ3) is 7.21. The van der Waals surface area contributed by atoms with Crippen molar-refractivity contribution in [3.63, 3.8) is 0 Å². The van der Waals surface area contributed by atoms with Gasteiger partial charge in [-0.1, -0.05) is 121 Å². The first-order valence-electron chi connectivity index (χ1n) is 10.5. The van der Waals surface area contributed by atoms with Gasteiger partial charge in [-0.05, 0) is 55.8 Å². The van der Waals surface area contributed by atoms with Gasteiger partial charge in [-0.3, -0.25) is 0 Å². The van der Waals surface area contributed by atoms with Crippen LogP contribution in [-0.2, 0) is 19.2 Å². The minimum absolute atomic E-state index is 0.309. The zero-order valence-electron chi connectivity index (χ0n) is 17.9. The third-order valence-corrected chi connectivity index (χ3v) is 10.2. The molecule has 4 aromatic carbocycles. The van der Waals surface area contributed by atoms with E-state index in [1.54, 1.807) is 0 Å². The van der Waals surface area contributed by atoms with Crippen LogP contribution in [0.25, 0.3) is 0 Å². The zero-order chi connectivity index (χ0) is 21.7. The Morgan fingerprint density at radius 3 is 0.871 bits per heavy atom. The van der Waals surface area contributed by atoms with Gasteiger partial charge in [0.1, 0.15) is 0 Å². The van der Waals surface area contributed by atoms with Gasteiger partial charge in [0, 0.05) is 0 Å². The molecular formula is C28H29P2Pd. The fourth-order valence-corrected chi connectivity index (χ4v) is 8.59. The van der Waals surface area contributed by atoms with Crippen LogP contribution in [0.5, 0.6) is 0 Å². The van der Waals surface area contributed by atoms with Crippen LogP contribution in [0.4, 0.5) is 0 Å². The second-order valence-corrected chi connectivity index (χ2v) is 11.7. The van der Waals surface area contributed by atoms with Gasteiger partial charge in [-0.15, -0.1) is 0 Å². The molecule has 0 N–H and O–H groups in total. The van der Waals surface area contributed by atoms with Crippen molar-refractivity contribution in [1.29, 1.82) is 0 Å². The minimum atomic E-state index is -0.309. The minimum Gasteiger partial charge on any atom is -0.0622 e.